The first-order valence-corrected chi connectivity index (χ1v) is 6.78. The van der Waals surface area contributed by atoms with E-state index in [0.717, 1.165) is 35.4 Å². The minimum Gasteiger partial charge on any atom is -0.496 e. The first-order chi connectivity index (χ1) is 9.79. The highest BCUT2D eigenvalue weighted by Crippen LogP contribution is 2.28. The lowest BCUT2D eigenvalue weighted by atomic mass is 9.97. The number of nitrogens with zero attached hydrogens (tertiary/aromatic N) is 1. The lowest BCUT2D eigenvalue weighted by Crippen LogP contribution is -2.37. The van der Waals surface area contributed by atoms with Gasteiger partial charge in [-0.3, -0.25) is 4.79 Å². The highest BCUT2D eigenvalue weighted by Gasteiger charge is 2.26. The van der Waals surface area contributed by atoms with E-state index in [1.54, 1.807) is 7.11 Å². The van der Waals surface area contributed by atoms with E-state index in [9.17, 15) is 4.79 Å². The summed E-state index contributed by atoms with van der Waals surface area (Å²) in [6.45, 7) is 1.40. The molecule has 3 heteroatoms. The van der Waals surface area contributed by atoms with Crippen molar-refractivity contribution in [1.82, 2.24) is 4.90 Å². The van der Waals surface area contributed by atoms with E-state index in [2.05, 4.69) is 0 Å². The van der Waals surface area contributed by atoms with Crippen molar-refractivity contribution in [2.45, 2.75) is 13.0 Å². The van der Waals surface area contributed by atoms with Gasteiger partial charge in [0.2, 0.25) is 0 Å². The smallest absolute Gasteiger partial charge is 0.254 e. The summed E-state index contributed by atoms with van der Waals surface area (Å²) in [6, 6.07) is 15.8. The number of hydrogen-bond acceptors (Lipinski definition) is 2. The Balaban J connectivity index is 1.86. The standard InChI is InChI=1S/C17H17NO2/c1-20-16-9-5-8-15-14(16)10-11-18(17(15)19)12-13-6-3-2-4-7-13/h2-9H,10-12H2,1H3. The minimum absolute atomic E-state index is 0.0917. The van der Waals surface area contributed by atoms with Crippen molar-refractivity contribution >= 4 is 5.91 Å². The van der Waals surface area contributed by atoms with Crippen LogP contribution in [-0.4, -0.2) is 24.5 Å². The van der Waals surface area contributed by atoms with Gasteiger partial charge in [0.25, 0.3) is 5.91 Å². The van der Waals surface area contributed by atoms with Crippen molar-refractivity contribution in [2.75, 3.05) is 13.7 Å². The average molecular weight is 267 g/mol. The third-order valence-corrected chi connectivity index (χ3v) is 3.72. The molecule has 1 amide bonds. The third-order valence-electron chi connectivity index (χ3n) is 3.72. The summed E-state index contributed by atoms with van der Waals surface area (Å²) in [6.07, 6.45) is 0.845. The zero-order valence-corrected chi connectivity index (χ0v) is 11.5. The van der Waals surface area contributed by atoms with Crippen LogP contribution >= 0.6 is 0 Å². The SMILES string of the molecule is COc1cccc2c1CCN(Cc1ccccc1)C2=O. The summed E-state index contributed by atoms with van der Waals surface area (Å²) in [5, 5.41) is 0. The fourth-order valence-electron chi connectivity index (χ4n) is 2.69. The van der Waals surface area contributed by atoms with Crippen LogP contribution in [0.1, 0.15) is 21.5 Å². The molecular weight excluding hydrogens is 250 g/mol. The second kappa shape index (κ2) is 5.37. The first kappa shape index (κ1) is 12.7. The van der Waals surface area contributed by atoms with E-state index in [4.69, 9.17) is 4.74 Å². The van der Waals surface area contributed by atoms with E-state index >= 15 is 0 Å². The van der Waals surface area contributed by atoms with Crippen LogP contribution in [0.15, 0.2) is 48.5 Å². The van der Waals surface area contributed by atoms with Gasteiger partial charge in [0.15, 0.2) is 0 Å². The molecule has 0 unspecified atom stereocenters. The molecule has 0 bridgehead atoms. The van der Waals surface area contributed by atoms with Gasteiger partial charge in [-0.2, -0.15) is 0 Å². The van der Waals surface area contributed by atoms with Gasteiger partial charge in [-0.05, 0) is 24.1 Å². The van der Waals surface area contributed by atoms with E-state index < -0.39 is 0 Å². The Bertz CT molecular complexity index is 622. The zero-order chi connectivity index (χ0) is 13.9. The number of hydrogen-bond donors (Lipinski definition) is 0. The van der Waals surface area contributed by atoms with Crippen LogP contribution in [0.25, 0.3) is 0 Å². The van der Waals surface area contributed by atoms with E-state index in [-0.39, 0.29) is 5.91 Å². The molecule has 1 heterocycles. The molecule has 1 aliphatic rings. The van der Waals surface area contributed by atoms with Gasteiger partial charge in [-0.15, -0.1) is 0 Å². The van der Waals surface area contributed by atoms with Gasteiger partial charge in [0.1, 0.15) is 5.75 Å². The number of carbonyl (C=O) groups excluding carboxylic acids is 1. The number of ether oxygens (including phenoxy) is 1. The maximum Gasteiger partial charge on any atom is 0.254 e. The Labute approximate surface area is 118 Å². The molecule has 0 atom stereocenters. The van der Waals surface area contributed by atoms with Crippen LogP contribution in [0.4, 0.5) is 0 Å². The highest BCUT2D eigenvalue weighted by atomic mass is 16.5. The Morgan fingerprint density at radius 2 is 1.90 bits per heavy atom. The van der Waals surface area contributed by atoms with Crippen molar-refractivity contribution < 1.29 is 9.53 Å². The van der Waals surface area contributed by atoms with Gasteiger partial charge in [0, 0.05) is 24.2 Å². The number of methoxy groups -OCH3 is 1. The average Bonchev–Trinajstić information content (AvgIpc) is 2.51. The Morgan fingerprint density at radius 1 is 1.10 bits per heavy atom. The molecule has 0 saturated heterocycles. The van der Waals surface area contributed by atoms with Gasteiger partial charge >= 0.3 is 0 Å². The Hall–Kier alpha value is -2.29. The molecule has 0 radical (unpaired) electrons. The molecule has 0 fully saturated rings. The molecule has 1 aliphatic heterocycles. The van der Waals surface area contributed by atoms with Crippen molar-refractivity contribution in [3.8, 4) is 5.75 Å². The number of fused-ring (bicyclic) bond motifs is 1. The molecular formula is C17H17NO2. The molecule has 20 heavy (non-hydrogen) atoms. The van der Waals surface area contributed by atoms with Gasteiger partial charge in [0.05, 0.1) is 7.11 Å². The van der Waals surface area contributed by atoms with Crippen molar-refractivity contribution in [1.29, 1.82) is 0 Å². The van der Waals surface area contributed by atoms with Crippen molar-refractivity contribution in [2.24, 2.45) is 0 Å². The van der Waals surface area contributed by atoms with Crippen LogP contribution in [-0.2, 0) is 13.0 Å². The molecule has 102 valence electrons. The topological polar surface area (TPSA) is 29.5 Å². The molecule has 0 aromatic heterocycles. The minimum atomic E-state index is 0.0917. The molecule has 0 spiro atoms. The molecule has 3 nitrogen and oxygen atoms in total. The number of amides is 1. The monoisotopic (exact) mass is 267 g/mol. The lowest BCUT2D eigenvalue weighted by molar-refractivity contribution is 0.0725. The fraction of sp³-hybridized carbons (Fsp3) is 0.235. The van der Waals surface area contributed by atoms with Crippen LogP contribution in [0.3, 0.4) is 0 Å². The van der Waals surface area contributed by atoms with E-state index in [1.165, 1.54) is 0 Å². The summed E-state index contributed by atoms with van der Waals surface area (Å²) in [7, 11) is 1.65. The van der Waals surface area contributed by atoms with E-state index in [1.807, 2.05) is 53.4 Å². The second-order valence-electron chi connectivity index (χ2n) is 4.95. The normalized spacial score (nSPS) is 14.1. The summed E-state index contributed by atoms with van der Waals surface area (Å²) < 4.78 is 5.34. The van der Waals surface area contributed by atoms with Crippen LogP contribution in [0.5, 0.6) is 5.75 Å². The molecule has 3 rings (SSSR count). The molecule has 0 saturated carbocycles. The molecule has 0 N–H and O–H groups in total. The third kappa shape index (κ3) is 2.27. The van der Waals surface area contributed by atoms with E-state index in [0.29, 0.717) is 6.54 Å². The summed E-state index contributed by atoms with van der Waals surface area (Å²) >= 11 is 0. The predicted molar refractivity (Wildman–Crippen MR) is 77.9 cm³/mol. The van der Waals surface area contributed by atoms with Gasteiger partial charge < -0.3 is 9.64 Å². The number of benzene rings is 2. The first-order valence-electron chi connectivity index (χ1n) is 6.78. The van der Waals surface area contributed by atoms with Crippen molar-refractivity contribution in [3.63, 3.8) is 0 Å². The van der Waals surface area contributed by atoms with Crippen LogP contribution in [0, 0.1) is 0 Å². The van der Waals surface area contributed by atoms with Crippen LogP contribution < -0.4 is 4.74 Å². The second-order valence-corrected chi connectivity index (χ2v) is 4.95. The number of carbonyl (C=O) groups is 1. The summed E-state index contributed by atoms with van der Waals surface area (Å²) in [4.78, 5) is 14.5. The van der Waals surface area contributed by atoms with Crippen molar-refractivity contribution in [3.05, 3.63) is 65.2 Å². The van der Waals surface area contributed by atoms with Gasteiger partial charge in [-0.25, -0.2) is 0 Å². The predicted octanol–water partition coefficient (Wildman–Crippen LogP) is 2.89. The van der Waals surface area contributed by atoms with Crippen LogP contribution in [0.2, 0.25) is 0 Å². The summed E-state index contributed by atoms with van der Waals surface area (Å²) in [5.74, 6) is 0.907. The molecule has 2 aromatic rings. The number of rotatable bonds is 3. The summed E-state index contributed by atoms with van der Waals surface area (Å²) in [5.41, 5.74) is 2.96. The Morgan fingerprint density at radius 3 is 2.65 bits per heavy atom. The fourth-order valence-corrected chi connectivity index (χ4v) is 2.69. The quantitative estimate of drug-likeness (QED) is 0.855. The molecule has 2 aromatic carbocycles. The molecule has 0 aliphatic carbocycles. The highest BCUT2D eigenvalue weighted by molar-refractivity contribution is 5.97. The Kier molecular flexibility index (Phi) is 3.42. The lowest BCUT2D eigenvalue weighted by Gasteiger charge is -2.29. The maximum absolute atomic E-state index is 12.6. The van der Waals surface area contributed by atoms with Gasteiger partial charge in [-0.1, -0.05) is 36.4 Å². The largest absolute Gasteiger partial charge is 0.496 e. The zero-order valence-electron chi connectivity index (χ0n) is 11.5. The maximum atomic E-state index is 12.6.